The first kappa shape index (κ1) is 14.3. The third-order valence-corrected chi connectivity index (χ3v) is 2.51. The molecular formula is C11H13ClN2O4. The predicted octanol–water partition coefficient (Wildman–Crippen LogP) is 0.795. The van der Waals surface area contributed by atoms with Gasteiger partial charge in [0, 0.05) is 10.6 Å². The minimum Gasteiger partial charge on any atom is -0.480 e. The summed E-state index contributed by atoms with van der Waals surface area (Å²) in [5, 5.41) is 11.4. The van der Waals surface area contributed by atoms with Crippen LogP contribution in [0.4, 0.5) is 4.79 Å². The third-order valence-electron chi connectivity index (χ3n) is 2.15. The molecule has 0 radical (unpaired) electrons. The molecule has 0 fully saturated rings. The molecule has 1 aromatic rings. The zero-order chi connectivity index (χ0) is 13.7. The smallest absolute Gasteiger partial charge is 0.318 e. The van der Waals surface area contributed by atoms with Crippen molar-refractivity contribution in [3.05, 3.63) is 28.8 Å². The lowest BCUT2D eigenvalue weighted by atomic mass is 10.2. The summed E-state index contributed by atoms with van der Waals surface area (Å²) in [6.07, 6.45) is -0.943. The minimum atomic E-state index is -0.955. The summed E-state index contributed by atoms with van der Waals surface area (Å²) in [5.74, 6) is -0.400. The van der Waals surface area contributed by atoms with E-state index in [1.54, 1.807) is 18.2 Å². The van der Waals surface area contributed by atoms with E-state index in [4.69, 9.17) is 27.2 Å². The van der Waals surface area contributed by atoms with E-state index in [-0.39, 0.29) is 12.4 Å². The van der Waals surface area contributed by atoms with Crippen molar-refractivity contribution in [3.8, 4) is 5.75 Å². The number of imide groups is 1. The zero-order valence-electron chi connectivity index (χ0n) is 9.64. The normalized spacial score (nSPS) is 11.7. The first-order chi connectivity index (χ1) is 8.45. The number of aliphatic hydroxyl groups excluding tert-OH is 1. The lowest BCUT2D eigenvalue weighted by Gasteiger charge is -2.16. The quantitative estimate of drug-likeness (QED) is 0.754. The standard InChI is InChI=1S/C11H13ClN2O4/c1-6(10(16)14-11(13)17)18-9-4-2-3-8(12)7(9)5-15/h2-4,6,15H,5H2,1H3,(H3,13,14,16,17). The molecule has 0 aliphatic heterocycles. The van der Waals surface area contributed by atoms with Gasteiger partial charge in [0.25, 0.3) is 5.91 Å². The van der Waals surface area contributed by atoms with Crippen LogP contribution in [-0.2, 0) is 11.4 Å². The number of rotatable bonds is 4. The van der Waals surface area contributed by atoms with Crippen LogP contribution in [0.5, 0.6) is 5.75 Å². The maximum Gasteiger partial charge on any atom is 0.318 e. The fourth-order valence-corrected chi connectivity index (χ4v) is 1.50. The van der Waals surface area contributed by atoms with Crippen LogP contribution in [0.15, 0.2) is 18.2 Å². The van der Waals surface area contributed by atoms with Crippen molar-refractivity contribution in [2.75, 3.05) is 0 Å². The van der Waals surface area contributed by atoms with Crippen molar-refractivity contribution in [1.29, 1.82) is 0 Å². The van der Waals surface area contributed by atoms with Gasteiger partial charge in [-0.3, -0.25) is 10.1 Å². The Morgan fingerprint density at radius 3 is 2.78 bits per heavy atom. The van der Waals surface area contributed by atoms with E-state index >= 15 is 0 Å². The number of nitrogens with one attached hydrogen (secondary N) is 1. The highest BCUT2D eigenvalue weighted by Gasteiger charge is 2.18. The summed E-state index contributed by atoms with van der Waals surface area (Å²) in [6, 6.07) is 3.82. The molecular weight excluding hydrogens is 260 g/mol. The highest BCUT2D eigenvalue weighted by atomic mass is 35.5. The minimum absolute atomic E-state index is 0.275. The maximum absolute atomic E-state index is 11.4. The number of aliphatic hydroxyl groups is 1. The molecule has 0 aromatic heterocycles. The maximum atomic E-state index is 11.4. The molecule has 6 nitrogen and oxygen atoms in total. The first-order valence-electron chi connectivity index (χ1n) is 5.11. The van der Waals surface area contributed by atoms with E-state index in [1.165, 1.54) is 6.92 Å². The number of primary amides is 1. The van der Waals surface area contributed by atoms with Crippen LogP contribution in [0.1, 0.15) is 12.5 Å². The van der Waals surface area contributed by atoms with Gasteiger partial charge in [0.1, 0.15) is 5.75 Å². The van der Waals surface area contributed by atoms with Crippen LogP contribution in [0.25, 0.3) is 0 Å². The Morgan fingerprint density at radius 2 is 2.22 bits per heavy atom. The summed E-state index contributed by atoms with van der Waals surface area (Å²) in [5.41, 5.74) is 5.19. The van der Waals surface area contributed by atoms with Gasteiger partial charge in [0.2, 0.25) is 0 Å². The van der Waals surface area contributed by atoms with E-state index in [0.29, 0.717) is 10.6 Å². The second-order valence-corrected chi connectivity index (χ2v) is 3.90. The van der Waals surface area contributed by atoms with Gasteiger partial charge in [-0.1, -0.05) is 17.7 Å². The third kappa shape index (κ3) is 3.61. The Kier molecular flexibility index (Phi) is 4.94. The second kappa shape index (κ2) is 6.23. The molecule has 0 saturated carbocycles. The van der Waals surface area contributed by atoms with E-state index in [2.05, 4.69) is 0 Å². The number of hydrogen-bond donors (Lipinski definition) is 3. The van der Waals surface area contributed by atoms with E-state index in [1.807, 2.05) is 5.32 Å². The molecule has 1 atom stereocenters. The number of hydrogen-bond acceptors (Lipinski definition) is 4. The van der Waals surface area contributed by atoms with E-state index in [9.17, 15) is 9.59 Å². The zero-order valence-corrected chi connectivity index (χ0v) is 10.4. The molecule has 4 N–H and O–H groups in total. The molecule has 1 unspecified atom stereocenters. The molecule has 98 valence electrons. The highest BCUT2D eigenvalue weighted by molar-refractivity contribution is 6.31. The summed E-state index contributed by atoms with van der Waals surface area (Å²) in [7, 11) is 0. The fourth-order valence-electron chi connectivity index (χ4n) is 1.27. The molecule has 0 bridgehead atoms. The predicted molar refractivity (Wildman–Crippen MR) is 65.2 cm³/mol. The van der Waals surface area contributed by atoms with Crippen LogP contribution >= 0.6 is 11.6 Å². The second-order valence-electron chi connectivity index (χ2n) is 3.49. The average Bonchev–Trinajstić information content (AvgIpc) is 2.28. The number of urea groups is 1. The van der Waals surface area contributed by atoms with Crippen molar-refractivity contribution >= 4 is 23.5 Å². The van der Waals surface area contributed by atoms with E-state index in [0.717, 1.165) is 0 Å². The molecule has 0 aliphatic carbocycles. The number of ether oxygens (including phenoxy) is 1. The molecule has 1 aromatic carbocycles. The van der Waals surface area contributed by atoms with Gasteiger partial charge in [-0.25, -0.2) is 4.79 Å². The van der Waals surface area contributed by atoms with Gasteiger partial charge in [-0.2, -0.15) is 0 Å². The van der Waals surface area contributed by atoms with Gasteiger partial charge in [-0.05, 0) is 19.1 Å². The summed E-state index contributed by atoms with van der Waals surface area (Å²) in [6.45, 7) is 1.12. The summed E-state index contributed by atoms with van der Waals surface area (Å²) in [4.78, 5) is 21.9. The lowest BCUT2D eigenvalue weighted by Crippen LogP contribution is -2.42. The molecule has 18 heavy (non-hydrogen) atoms. The van der Waals surface area contributed by atoms with Crippen molar-refractivity contribution in [2.24, 2.45) is 5.73 Å². The van der Waals surface area contributed by atoms with Crippen molar-refractivity contribution in [1.82, 2.24) is 5.32 Å². The summed E-state index contributed by atoms with van der Waals surface area (Å²) >= 11 is 5.86. The molecule has 0 aliphatic rings. The van der Waals surface area contributed by atoms with Crippen molar-refractivity contribution in [3.63, 3.8) is 0 Å². The number of amides is 3. The van der Waals surface area contributed by atoms with Crippen LogP contribution in [-0.4, -0.2) is 23.1 Å². The van der Waals surface area contributed by atoms with Crippen LogP contribution < -0.4 is 15.8 Å². The number of carbonyl (C=O) groups is 2. The summed E-state index contributed by atoms with van der Waals surface area (Å²) < 4.78 is 5.32. The molecule has 3 amide bonds. The van der Waals surface area contributed by atoms with Crippen LogP contribution in [0.3, 0.4) is 0 Å². The highest BCUT2D eigenvalue weighted by Crippen LogP contribution is 2.27. The average molecular weight is 273 g/mol. The van der Waals surface area contributed by atoms with Crippen LogP contribution in [0.2, 0.25) is 5.02 Å². The largest absolute Gasteiger partial charge is 0.480 e. The number of nitrogens with two attached hydrogens (primary N) is 1. The molecule has 0 spiro atoms. The number of benzene rings is 1. The Labute approximate surface area is 109 Å². The van der Waals surface area contributed by atoms with Gasteiger partial charge in [0.15, 0.2) is 6.10 Å². The SMILES string of the molecule is CC(Oc1cccc(Cl)c1CO)C(=O)NC(N)=O. The van der Waals surface area contributed by atoms with Gasteiger partial charge in [-0.15, -0.1) is 0 Å². The van der Waals surface area contributed by atoms with Gasteiger partial charge < -0.3 is 15.6 Å². The Morgan fingerprint density at radius 1 is 1.56 bits per heavy atom. The van der Waals surface area contributed by atoms with E-state index < -0.39 is 18.0 Å². The molecule has 7 heteroatoms. The number of carbonyl (C=O) groups excluding carboxylic acids is 2. The lowest BCUT2D eigenvalue weighted by molar-refractivity contribution is -0.126. The monoisotopic (exact) mass is 272 g/mol. The van der Waals surface area contributed by atoms with Gasteiger partial charge in [0.05, 0.1) is 6.61 Å². The van der Waals surface area contributed by atoms with Crippen molar-refractivity contribution < 1.29 is 19.4 Å². The Hall–Kier alpha value is -1.79. The fraction of sp³-hybridized carbons (Fsp3) is 0.273. The van der Waals surface area contributed by atoms with Crippen molar-refractivity contribution in [2.45, 2.75) is 19.6 Å². The molecule has 0 saturated heterocycles. The Bertz CT molecular complexity index is 464. The molecule has 1 rings (SSSR count). The first-order valence-corrected chi connectivity index (χ1v) is 5.48. The topological polar surface area (TPSA) is 102 Å². The van der Waals surface area contributed by atoms with Gasteiger partial charge >= 0.3 is 6.03 Å². The Balaban J connectivity index is 2.81. The van der Waals surface area contributed by atoms with Crippen LogP contribution in [0, 0.1) is 0 Å². The molecule has 0 heterocycles. The number of halogens is 1.